The van der Waals surface area contributed by atoms with E-state index in [1.165, 1.54) is 4.52 Å². The second-order valence-corrected chi connectivity index (χ2v) is 6.62. The first-order valence-electron chi connectivity index (χ1n) is 9.03. The molecule has 144 valence electrons. The summed E-state index contributed by atoms with van der Waals surface area (Å²) < 4.78 is 6.80. The number of hydrogen-bond acceptors (Lipinski definition) is 6. The van der Waals surface area contributed by atoms with E-state index in [1.54, 1.807) is 24.7 Å². The molecule has 4 heterocycles. The normalized spacial score (nSPS) is 17.0. The van der Waals surface area contributed by atoms with Crippen molar-refractivity contribution in [2.75, 3.05) is 5.32 Å². The van der Waals surface area contributed by atoms with Crippen LogP contribution >= 0.6 is 0 Å². The fourth-order valence-electron chi connectivity index (χ4n) is 3.35. The van der Waals surface area contributed by atoms with E-state index < -0.39 is 12.1 Å². The molecule has 0 aliphatic carbocycles. The Labute approximate surface area is 165 Å². The molecule has 1 amide bonds. The molecule has 0 bridgehead atoms. The number of carbonyl (C=O) groups excluding carboxylic acids is 1. The van der Waals surface area contributed by atoms with Crippen molar-refractivity contribution in [1.82, 2.24) is 20.1 Å². The zero-order valence-electron chi connectivity index (χ0n) is 15.2. The first-order chi connectivity index (χ1) is 14.2. The molecule has 1 unspecified atom stereocenters. The third-order valence-electron chi connectivity index (χ3n) is 4.76. The number of aliphatic imine (C=N–C) groups is 1. The maximum absolute atomic E-state index is 11.7. The van der Waals surface area contributed by atoms with Crippen molar-refractivity contribution in [2.24, 2.45) is 10.7 Å². The molecule has 0 radical (unpaired) electrons. The minimum Gasteiger partial charge on any atom is -0.470 e. The number of anilines is 1. The summed E-state index contributed by atoms with van der Waals surface area (Å²) in [5, 5.41) is 15.1. The number of nitrogens with zero attached hydrogens (tertiary/aromatic N) is 4. The number of aromatic nitrogens is 3. The Morgan fingerprint density at radius 1 is 1.14 bits per heavy atom. The molecule has 9 heteroatoms. The average molecular weight is 387 g/mol. The van der Waals surface area contributed by atoms with Crippen LogP contribution in [0.15, 0.2) is 70.5 Å². The van der Waals surface area contributed by atoms with Crippen molar-refractivity contribution >= 4 is 22.9 Å². The van der Waals surface area contributed by atoms with Crippen LogP contribution in [-0.2, 0) is 6.54 Å². The molecule has 29 heavy (non-hydrogen) atoms. The number of nitrogens with one attached hydrogen (secondary N) is 2. The molecule has 0 saturated heterocycles. The van der Waals surface area contributed by atoms with Crippen LogP contribution in [-0.4, -0.2) is 26.6 Å². The predicted octanol–water partition coefficient (Wildman–Crippen LogP) is 2.08. The van der Waals surface area contributed by atoms with E-state index in [0.29, 0.717) is 23.6 Å². The van der Waals surface area contributed by atoms with Crippen LogP contribution in [0.5, 0.6) is 0 Å². The number of hydrogen-bond donors (Lipinski definition) is 3. The van der Waals surface area contributed by atoms with E-state index in [-0.39, 0.29) is 5.69 Å². The lowest BCUT2D eigenvalue weighted by Crippen LogP contribution is -2.39. The van der Waals surface area contributed by atoms with Gasteiger partial charge in [0.15, 0.2) is 0 Å². The summed E-state index contributed by atoms with van der Waals surface area (Å²) in [5.41, 5.74) is 9.73. The molecule has 1 aliphatic rings. The monoisotopic (exact) mass is 387 g/mol. The maximum Gasteiger partial charge on any atom is 0.267 e. The van der Waals surface area contributed by atoms with Gasteiger partial charge >= 0.3 is 0 Å². The van der Waals surface area contributed by atoms with Crippen molar-refractivity contribution in [3.8, 4) is 0 Å². The smallest absolute Gasteiger partial charge is 0.267 e. The van der Waals surface area contributed by atoms with E-state index in [0.717, 1.165) is 16.8 Å². The number of carbonyl (C=O) groups is 1. The van der Waals surface area contributed by atoms with Crippen LogP contribution < -0.4 is 16.4 Å². The number of benzene rings is 1. The highest BCUT2D eigenvalue weighted by molar-refractivity contribution is 6.05. The molecule has 9 nitrogen and oxygen atoms in total. The topological polar surface area (TPSA) is 123 Å². The molecule has 0 saturated carbocycles. The molecule has 0 fully saturated rings. The number of nitrogens with two attached hydrogens (primary N) is 1. The summed E-state index contributed by atoms with van der Waals surface area (Å²) in [6.45, 7) is 0.522. The summed E-state index contributed by atoms with van der Waals surface area (Å²) >= 11 is 0. The highest BCUT2D eigenvalue weighted by Crippen LogP contribution is 2.29. The Balaban J connectivity index is 1.52. The van der Waals surface area contributed by atoms with Crippen molar-refractivity contribution in [3.63, 3.8) is 0 Å². The third-order valence-corrected chi connectivity index (χ3v) is 4.76. The molecular weight excluding hydrogens is 370 g/mol. The van der Waals surface area contributed by atoms with Crippen molar-refractivity contribution in [3.05, 3.63) is 83.6 Å². The van der Waals surface area contributed by atoms with Gasteiger partial charge in [0.25, 0.3) is 5.91 Å². The van der Waals surface area contributed by atoms with Gasteiger partial charge in [0.2, 0.25) is 0 Å². The fourth-order valence-corrected chi connectivity index (χ4v) is 3.35. The Bertz CT molecular complexity index is 1230. The summed E-state index contributed by atoms with van der Waals surface area (Å²) in [7, 11) is 0. The van der Waals surface area contributed by atoms with Crippen molar-refractivity contribution < 1.29 is 9.21 Å². The summed E-state index contributed by atoms with van der Waals surface area (Å²) in [6.07, 6.45) is 2.86. The first kappa shape index (κ1) is 17.0. The van der Waals surface area contributed by atoms with E-state index >= 15 is 0 Å². The molecule has 5 rings (SSSR count). The quantitative estimate of drug-likeness (QED) is 0.493. The molecule has 0 spiro atoms. The minimum absolute atomic E-state index is 0.263. The second-order valence-electron chi connectivity index (χ2n) is 6.62. The van der Waals surface area contributed by atoms with Gasteiger partial charge in [0, 0.05) is 0 Å². The Morgan fingerprint density at radius 3 is 2.83 bits per heavy atom. The van der Waals surface area contributed by atoms with Gasteiger partial charge in [-0.1, -0.05) is 41.6 Å². The summed E-state index contributed by atoms with van der Waals surface area (Å²) in [4.78, 5) is 16.4. The Morgan fingerprint density at radius 2 is 2.00 bits per heavy atom. The van der Waals surface area contributed by atoms with E-state index in [9.17, 15) is 4.79 Å². The lowest BCUT2D eigenvalue weighted by atomic mass is 10.1. The minimum atomic E-state index is -0.571. The van der Waals surface area contributed by atoms with Crippen molar-refractivity contribution in [2.45, 2.75) is 12.7 Å². The SMILES string of the molecule is NC(=O)c1cccc2c(C3NC(=NCc4ccccc4)c4cocc4N3)nnn12. The van der Waals surface area contributed by atoms with Crippen LogP contribution in [0.3, 0.4) is 0 Å². The average Bonchev–Trinajstić information content (AvgIpc) is 3.39. The summed E-state index contributed by atoms with van der Waals surface area (Å²) in [5.74, 6) is 0.118. The largest absolute Gasteiger partial charge is 0.470 e. The van der Waals surface area contributed by atoms with Gasteiger partial charge in [-0.3, -0.25) is 9.79 Å². The number of pyridine rings is 1. The summed E-state index contributed by atoms with van der Waals surface area (Å²) in [6, 6.07) is 15.2. The highest BCUT2D eigenvalue weighted by Gasteiger charge is 2.28. The second kappa shape index (κ2) is 6.79. The molecular formula is C20H17N7O2. The first-order valence-corrected chi connectivity index (χ1v) is 9.03. The number of fused-ring (bicyclic) bond motifs is 2. The van der Waals surface area contributed by atoms with E-state index in [4.69, 9.17) is 15.1 Å². The standard InChI is InChI=1S/C20H17N7O2/c21-18(28)16-8-4-7-15-17(25-26-27(15)16)20-23-14-11-29-10-13(14)19(24-20)22-9-12-5-2-1-3-6-12/h1-8,10-11,20,23H,9H2,(H2,21,28)(H,22,24). The zero-order chi connectivity index (χ0) is 19.8. The zero-order valence-corrected chi connectivity index (χ0v) is 15.2. The molecule has 4 aromatic rings. The lowest BCUT2D eigenvalue weighted by Gasteiger charge is -2.26. The highest BCUT2D eigenvalue weighted by atomic mass is 16.3. The van der Waals surface area contributed by atoms with Crippen LogP contribution in [0, 0.1) is 0 Å². The van der Waals surface area contributed by atoms with Crippen LogP contribution in [0.1, 0.15) is 33.5 Å². The van der Waals surface area contributed by atoms with Gasteiger partial charge in [-0.15, -0.1) is 5.10 Å². The number of primary amides is 1. The van der Waals surface area contributed by atoms with E-state index in [1.807, 2.05) is 36.4 Å². The molecule has 3 aromatic heterocycles. The van der Waals surface area contributed by atoms with Crippen LogP contribution in [0.4, 0.5) is 5.69 Å². The third kappa shape index (κ3) is 2.98. The van der Waals surface area contributed by atoms with Gasteiger partial charge in [-0.2, -0.15) is 0 Å². The number of rotatable bonds is 4. The van der Waals surface area contributed by atoms with Crippen LogP contribution in [0.25, 0.3) is 5.52 Å². The maximum atomic E-state index is 11.7. The van der Waals surface area contributed by atoms with E-state index in [2.05, 4.69) is 20.9 Å². The van der Waals surface area contributed by atoms with Crippen molar-refractivity contribution in [1.29, 1.82) is 0 Å². The number of furan rings is 1. The molecule has 4 N–H and O–H groups in total. The van der Waals surface area contributed by atoms with Gasteiger partial charge in [0.1, 0.15) is 35.9 Å². The van der Waals surface area contributed by atoms with Gasteiger partial charge in [-0.25, -0.2) is 4.52 Å². The van der Waals surface area contributed by atoms with Gasteiger partial charge in [0.05, 0.1) is 23.3 Å². The lowest BCUT2D eigenvalue weighted by molar-refractivity contribution is 0.0993. The van der Waals surface area contributed by atoms with Gasteiger partial charge < -0.3 is 20.8 Å². The fraction of sp³-hybridized carbons (Fsp3) is 0.100. The number of amidine groups is 1. The molecule has 1 aliphatic heterocycles. The Hall–Kier alpha value is -4.14. The van der Waals surface area contributed by atoms with Crippen LogP contribution in [0.2, 0.25) is 0 Å². The molecule has 1 atom stereocenters. The van der Waals surface area contributed by atoms with Gasteiger partial charge in [-0.05, 0) is 17.7 Å². The predicted molar refractivity (Wildman–Crippen MR) is 106 cm³/mol. The Kier molecular flexibility index (Phi) is 3.98. The molecule has 1 aromatic carbocycles. The number of amides is 1.